The van der Waals surface area contributed by atoms with Gasteiger partial charge in [-0.25, -0.2) is 0 Å². The maximum atomic E-state index is 9.13. The number of thiophene rings is 2. The Hall–Kier alpha value is -1.74. The Balaban J connectivity index is 2.27. The summed E-state index contributed by atoms with van der Waals surface area (Å²) in [4.78, 5) is 2.34. The van der Waals surface area contributed by atoms with E-state index < -0.39 is 0 Å². The van der Waals surface area contributed by atoms with Gasteiger partial charge in [0, 0.05) is 10.4 Å². The summed E-state index contributed by atoms with van der Waals surface area (Å²) in [6.45, 7) is 0. The van der Waals surface area contributed by atoms with Gasteiger partial charge in [0.1, 0.15) is 16.7 Å². The summed E-state index contributed by atoms with van der Waals surface area (Å²) < 4.78 is 5.44. The van der Waals surface area contributed by atoms with E-state index in [1.54, 1.807) is 23.5 Å². The molecule has 6 heteroatoms. The van der Waals surface area contributed by atoms with Gasteiger partial charge in [-0.15, -0.1) is 22.7 Å². The SMILES string of the molecule is N#Cc1sc(-c2ccc(Cl)o2)c(-c2cccs2)c1N. The molecule has 0 aliphatic heterocycles. The van der Waals surface area contributed by atoms with Gasteiger partial charge in [-0.2, -0.15) is 5.26 Å². The van der Waals surface area contributed by atoms with Crippen molar-refractivity contribution < 1.29 is 4.42 Å². The van der Waals surface area contributed by atoms with E-state index in [0.29, 0.717) is 21.5 Å². The van der Waals surface area contributed by atoms with E-state index in [-0.39, 0.29) is 0 Å². The van der Waals surface area contributed by atoms with Crippen LogP contribution in [0.2, 0.25) is 5.22 Å². The van der Waals surface area contributed by atoms with Crippen LogP contribution in [-0.2, 0) is 0 Å². The van der Waals surface area contributed by atoms with Gasteiger partial charge in [0.15, 0.2) is 5.22 Å². The molecule has 94 valence electrons. The summed E-state index contributed by atoms with van der Waals surface area (Å²) >= 11 is 8.70. The predicted octanol–water partition coefficient (Wildman–Crippen LogP) is 4.84. The third kappa shape index (κ3) is 2.04. The number of nitriles is 1. The van der Waals surface area contributed by atoms with Crippen molar-refractivity contribution in [1.29, 1.82) is 5.26 Å². The molecule has 0 saturated heterocycles. The fourth-order valence-electron chi connectivity index (χ4n) is 1.80. The molecule has 0 aliphatic carbocycles. The van der Waals surface area contributed by atoms with Crippen LogP contribution in [-0.4, -0.2) is 0 Å². The largest absolute Gasteiger partial charge is 0.444 e. The van der Waals surface area contributed by atoms with Gasteiger partial charge in [-0.1, -0.05) is 6.07 Å². The van der Waals surface area contributed by atoms with Crippen LogP contribution in [0.4, 0.5) is 5.69 Å². The topological polar surface area (TPSA) is 63.0 Å². The Bertz CT molecular complexity index is 765. The van der Waals surface area contributed by atoms with E-state index in [9.17, 15) is 0 Å². The van der Waals surface area contributed by atoms with Crippen LogP contribution in [0.3, 0.4) is 0 Å². The molecule has 0 amide bonds. The number of furan rings is 1. The highest BCUT2D eigenvalue weighted by Gasteiger charge is 2.21. The second-order valence-electron chi connectivity index (χ2n) is 3.74. The van der Waals surface area contributed by atoms with E-state index in [0.717, 1.165) is 15.3 Å². The zero-order chi connectivity index (χ0) is 13.4. The van der Waals surface area contributed by atoms with Crippen LogP contribution in [0.1, 0.15) is 4.88 Å². The second kappa shape index (κ2) is 4.74. The normalized spacial score (nSPS) is 10.5. The molecular weight excluding hydrogens is 300 g/mol. The van der Waals surface area contributed by atoms with Gasteiger partial charge in [0.05, 0.1) is 10.6 Å². The molecule has 0 spiro atoms. The van der Waals surface area contributed by atoms with Crippen molar-refractivity contribution in [1.82, 2.24) is 0 Å². The Morgan fingerprint density at radius 1 is 1.32 bits per heavy atom. The smallest absolute Gasteiger partial charge is 0.193 e. The lowest BCUT2D eigenvalue weighted by atomic mass is 10.1. The molecule has 0 bridgehead atoms. The maximum Gasteiger partial charge on any atom is 0.193 e. The molecule has 3 nitrogen and oxygen atoms in total. The van der Waals surface area contributed by atoms with Crippen LogP contribution in [0.5, 0.6) is 0 Å². The molecule has 0 aromatic carbocycles. The van der Waals surface area contributed by atoms with E-state index >= 15 is 0 Å². The van der Waals surface area contributed by atoms with Gasteiger partial charge < -0.3 is 10.2 Å². The molecule has 19 heavy (non-hydrogen) atoms. The minimum atomic E-state index is 0.317. The number of hydrogen-bond acceptors (Lipinski definition) is 5. The Morgan fingerprint density at radius 3 is 2.74 bits per heavy atom. The molecule has 0 unspecified atom stereocenters. The van der Waals surface area contributed by atoms with Crippen molar-refractivity contribution in [2.75, 3.05) is 5.73 Å². The van der Waals surface area contributed by atoms with Crippen molar-refractivity contribution in [3.8, 4) is 27.1 Å². The Morgan fingerprint density at radius 2 is 2.16 bits per heavy atom. The number of nitrogens with zero attached hydrogens (tertiary/aromatic N) is 1. The average Bonchev–Trinajstić information content (AvgIpc) is 3.08. The van der Waals surface area contributed by atoms with Crippen LogP contribution in [0, 0.1) is 11.3 Å². The molecule has 0 fully saturated rings. The van der Waals surface area contributed by atoms with Gasteiger partial charge >= 0.3 is 0 Å². The van der Waals surface area contributed by atoms with Gasteiger partial charge in [-0.05, 0) is 35.2 Å². The number of rotatable bonds is 2. The van der Waals surface area contributed by atoms with Crippen LogP contribution in [0.25, 0.3) is 21.1 Å². The highest BCUT2D eigenvalue weighted by Crippen LogP contribution is 2.46. The van der Waals surface area contributed by atoms with Crippen molar-refractivity contribution in [3.63, 3.8) is 0 Å². The van der Waals surface area contributed by atoms with Crippen LogP contribution < -0.4 is 5.73 Å². The van der Waals surface area contributed by atoms with Crippen molar-refractivity contribution in [2.24, 2.45) is 0 Å². The van der Waals surface area contributed by atoms with E-state index in [2.05, 4.69) is 6.07 Å². The molecule has 0 atom stereocenters. The number of nitrogen functional groups attached to an aromatic ring is 1. The first-order chi connectivity index (χ1) is 9.20. The monoisotopic (exact) mass is 306 g/mol. The summed E-state index contributed by atoms with van der Waals surface area (Å²) in [7, 11) is 0. The lowest BCUT2D eigenvalue weighted by molar-refractivity contribution is 0.586. The molecule has 0 radical (unpaired) electrons. The Labute approximate surface area is 122 Å². The zero-order valence-electron chi connectivity index (χ0n) is 9.51. The fraction of sp³-hybridized carbons (Fsp3) is 0. The molecule has 3 aromatic heterocycles. The van der Waals surface area contributed by atoms with E-state index in [1.807, 2.05) is 17.5 Å². The standard InChI is InChI=1S/C13H7ClN2OS2/c14-10-4-3-7(17-10)13-11(8-2-1-5-18-8)12(16)9(6-15)19-13/h1-5H,16H2. The summed E-state index contributed by atoms with van der Waals surface area (Å²) in [5.74, 6) is 0.631. The first kappa shape index (κ1) is 12.3. The number of anilines is 1. The molecular formula is C13H7ClN2OS2. The summed E-state index contributed by atoms with van der Waals surface area (Å²) in [6, 6.07) is 9.50. The van der Waals surface area contributed by atoms with Crippen LogP contribution >= 0.6 is 34.3 Å². The fourth-order valence-corrected chi connectivity index (χ4v) is 3.80. The van der Waals surface area contributed by atoms with Gasteiger partial charge in [-0.3, -0.25) is 0 Å². The summed E-state index contributed by atoms with van der Waals surface area (Å²) in [5, 5.41) is 11.4. The lowest BCUT2D eigenvalue weighted by Gasteiger charge is -2.00. The first-order valence-electron chi connectivity index (χ1n) is 5.32. The quantitative estimate of drug-likeness (QED) is 0.736. The van der Waals surface area contributed by atoms with E-state index in [4.69, 9.17) is 27.0 Å². The minimum absolute atomic E-state index is 0.317. The Kier molecular flexibility index (Phi) is 3.07. The van der Waals surface area contributed by atoms with Crippen molar-refractivity contribution in [3.05, 3.63) is 39.7 Å². The molecule has 3 heterocycles. The third-order valence-electron chi connectivity index (χ3n) is 2.61. The molecule has 3 rings (SSSR count). The minimum Gasteiger partial charge on any atom is -0.444 e. The maximum absolute atomic E-state index is 9.13. The average molecular weight is 307 g/mol. The van der Waals surface area contributed by atoms with Crippen molar-refractivity contribution in [2.45, 2.75) is 0 Å². The molecule has 2 N–H and O–H groups in total. The molecule has 3 aromatic rings. The van der Waals surface area contributed by atoms with Gasteiger partial charge in [0.2, 0.25) is 0 Å². The predicted molar refractivity (Wildman–Crippen MR) is 79.5 cm³/mol. The first-order valence-corrected chi connectivity index (χ1v) is 7.40. The lowest BCUT2D eigenvalue weighted by Crippen LogP contribution is -1.87. The van der Waals surface area contributed by atoms with Crippen molar-refractivity contribution >= 4 is 40.0 Å². The van der Waals surface area contributed by atoms with Crippen LogP contribution in [0.15, 0.2) is 34.1 Å². The number of halogens is 1. The highest BCUT2D eigenvalue weighted by atomic mass is 35.5. The van der Waals surface area contributed by atoms with E-state index in [1.165, 1.54) is 11.3 Å². The number of hydrogen-bond donors (Lipinski definition) is 1. The number of nitrogens with two attached hydrogens (primary N) is 1. The molecule has 0 saturated carbocycles. The second-order valence-corrected chi connectivity index (χ2v) is 6.08. The molecule has 0 aliphatic rings. The third-order valence-corrected chi connectivity index (χ3v) is 4.83. The summed E-state index contributed by atoms with van der Waals surface area (Å²) in [6.07, 6.45) is 0. The highest BCUT2D eigenvalue weighted by molar-refractivity contribution is 7.18. The summed E-state index contributed by atoms with van der Waals surface area (Å²) in [5.41, 5.74) is 7.42. The zero-order valence-corrected chi connectivity index (χ0v) is 11.9. The van der Waals surface area contributed by atoms with Gasteiger partial charge in [0.25, 0.3) is 0 Å².